The number of amides is 2. The summed E-state index contributed by atoms with van der Waals surface area (Å²) in [5.41, 5.74) is 4.48. The zero-order chi connectivity index (χ0) is 23.8. The maximum Gasteiger partial charge on any atom is 0.407 e. The number of fused-ring (bicyclic) bond motifs is 3. The van der Waals surface area contributed by atoms with Crippen LogP contribution in [0.3, 0.4) is 0 Å². The van der Waals surface area contributed by atoms with Crippen molar-refractivity contribution in [3.63, 3.8) is 0 Å². The maximum atomic E-state index is 12.3. The van der Waals surface area contributed by atoms with E-state index in [1.165, 1.54) is 7.11 Å². The number of alkyl carbamates (subject to hydrolysis) is 1. The number of rotatable bonds is 11. The number of aliphatic hydroxyl groups excluding tert-OH is 1. The number of ether oxygens (including phenoxy) is 2. The van der Waals surface area contributed by atoms with Gasteiger partial charge in [0.25, 0.3) is 0 Å². The molecule has 2 atom stereocenters. The molecule has 4 N–H and O–H groups in total. The highest BCUT2D eigenvalue weighted by Gasteiger charge is 2.29. The summed E-state index contributed by atoms with van der Waals surface area (Å²) in [5.74, 6) is -1.85. The average molecular weight is 456 g/mol. The molecular weight excluding hydrogens is 428 g/mol. The lowest BCUT2D eigenvalue weighted by molar-refractivity contribution is -0.142. The topological polar surface area (TPSA) is 134 Å². The van der Waals surface area contributed by atoms with Gasteiger partial charge < -0.3 is 30.3 Å². The number of aliphatic hydroxyl groups is 1. The molecule has 9 nitrogen and oxygen atoms in total. The van der Waals surface area contributed by atoms with Gasteiger partial charge in [-0.15, -0.1) is 0 Å². The maximum absolute atomic E-state index is 12.3. The van der Waals surface area contributed by atoms with Crippen LogP contribution in [0.4, 0.5) is 4.79 Å². The lowest BCUT2D eigenvalue weighted by Crippen LogP contribution is -2.44. The van der Waals surface area contributed by atoms with Crippen LogP contribution in [-0.4, -0.2) is 67.2 Å². The number of carbonyl (C=O) groups excluding carboxylic acids is 2. The van der Waals surface area contributed by atoms with Gasteiger partial charge in [-0.1, -0.05) is 48.5 Å². The minimum Gasteiger partial charge on any atom is -0.480 e. The smallest absolute Gasteiger partial charge is 0.407 e. The Balaban J connectivity index is 1.50. The van der Waals surface area contributed by atoms with Crippen molar-refractivity contribution in [2.75, 3.05) is 26.9 Å². The molecule has 33 heavy (non-hydrogen) atoms. The zero-order valence-corrected chi connectivity index (χ0v) is 18.3. The summed E-state index contributed by atoms with van der Waals surface area (Å²) in [6.45, 7) is -0.188. The Morgan fingerprint density at radius 3 is 2.18 bits per heavy atom. The molecule has 0 aromatic heterocycles. The van der Waals surface area contributed by atoms with E-state index in [9.17, 15) is 14.4 Å². The van der Waals surface area contributed by atoms with Gasteiger partial charge in [0.15, 0.2) is 0 Å². The molecule has 0 fully saturated rings. The van der Waals surface area contributed by atoms with E-state index in [-0.39, 0.29) is 38.5 Å². The van der Waals surface area contributed by atoms with Crippen LogP contribution in [0.25, 0.3) is 11.1 Å². The van der Waals surface area contributed by atoms with E-state index in [0.29, 0.717) is 0 Å². The van der Waals surface area contributed by atoms with Crippen molar-refractivity contribution in [3.8, 4) is 11.1 Å². The first-order chi connectivity index (χ1) is 15.9. The van der Waals surface area contributed by atoms with Gasteiger partial charge in [-0.2, -0.15) is 0 Å². The van der Waals surface area contributed by atoms with Gasteiger partial charge in [0.1, 0.15) is 12.6 Å². The van der Waals surface area contributed by atoms with E-state index in [2.05, 4.69) is 22.8 Å². The Bertz CT molecular complexity index is 949. The summed E-state index contributed by atoms with van der Waals surface area (Å²) in [4.78, 5) is 35.5. The van der Waals surface area contributed by atoms with Gasteiger partial charge in [-0.05, 0) is 22.3 Å². The second kappa shape index (κ2) is 11.4. The first-order valence-corrected chi connectivity index (χ1v) is 10.7. The van der Waals surface area contributed by atoms with Crippen molar-refractivity contribution in [1.29, 1.82) is 0 Å². The van der Waals surface area contributed by atoms with Gasteiger partial charge in [-0.3, -0.25) is 4.79 Å². The van der Waals surface area contributed by atoms with Gasteiger partial charge in [-0.25, -0.2) is 9.59 Å². The Labute approximate surface area is 191 Å². The number of aliphatic carboxylic acids is 1. The van der Waals surface area contributed by atoms with E-state index < -0.39 is 30.1 Å². The molecule has 0 saturated heterocycles. The van der Waals surface area contributed by atoms with Crippen LogP contribution >= 0.6 is 0 Å². The fourth-order valence-electron chi connectivity index (χ4n) is 3.93. The number of hydrogen-bond acceptors (Lipinski definition) is 6. The zero-order valence-electron chi connectivity index (χ0n) is 18.3. The Hall–Kier alpha value is -3.43. The standard InChI is InChI=1S/C24H28N2O7/c1-32-15(12-22(28)26-21(10-11-27)23(29)30)13-25-24(31)33-14-20-18-8-4-2-6-16(18)17-7-3-5-9-19(17)20/h2-9,15,20-21,27H,10-14H2,1H3,(H,25,31)(H,26,28)(H,29,30)/t15?,21-/m1/s1. The van der Waals surface area contributed by atoms with E-state index in [1.54, 1.807) is 0 Å². The Kier molecular flexibility index (Phi) is 8.39. The molecule has 0 bridgehead atoms. The van der Waals surface area contributed by atoms with E-state index >= 15 is 0 Å². The van der Waals surface area contributed by atoms with Crippen molar-refractivity contribution >= 4 is 18.0 Å². The predicted octanol–water partition coefficient (Wildman–Crippen LogP) is 1.88. The van der Waals surface area contributed by atoms with Crippen LogP contribution in [0.1, 0.15) is 29.9 Å². The highest BCUT2D eigenvalue weighted by molar-refractivity contribution is 5.84. The average Bonchev–Trinajstić information content (AvgIpc) is 3.13. The van der Waals surface area contributed by atoms with Crippen molar-refractivity contribution in [1.82, 2.24) is 10.6 Å². The van der Waals surface area contributed by atoms with Gasteiger partial charge >= 0.3 is 12.1 Å². The lowest BCUT2D eigenvalue weighted by Gasteiger charge is -2.19. The molecule has 0 spiro atoms. The second-order valence-electron chi connectivity index (χ2n) is 7.74. The molecule has 2 amide bonds. The third-order valence-corrected chi connectivity index (χ3v) is 5.62. The Morgan fingerprint density at radius 2 is 1.64 bits per heavy atom. The van der Waals surface area contributed by atoms with E-state index in [4.69, 9.17) is 19.7 Å². The molecule has 9 heteroatoms. The van der Waals surface area contributed by atoms with Crippen molar-refractivity contribution in [2.24, 2.45) is 0 Å². The van der Waals surface area contributed by atoms with Gasteiger partial charge in [0.05, 0.1) is 12.5 Å². The summed E-state index contributed by atoms with van der Waals surface area (Å²) in [6, 6.07) is 14.9. The van der Waals surface area contributed by atoms with Crippen molar-refractivity contribution in [2.45, 2.75) is 30.9 Å². The molecule has 176 valence electrons. The van der Waals surface area contributed by atoms with Gasteiger partial charge in [0.2, 0.25) is 5.91 Å². The summed E-state index contributed by atoms with van der Waals surface area (Å²) in [7, 11) is 1.39. The molecule has 2 aromatic carbocycles. The summed E-state index contributed by atoms with van der Waals surface area (Å²) in [5, 5.41) is 22.9. The molecule has 3 rings (SSSR count). The molecule has 1 aliphatic carbocycles. The minimum atomic E-state index is -1.23. The molecule has 0 aliphatic heterocycles. The SMILES string of the molecule is COC(CNC(=O)OCC1c2ccccc2-c2ccccc21)CC(=O)N[C@H](CCO)C(=O)O. The molecule has 0 saturated carbocycles. The van der Waals surface area contributed by atoms with Crippen LogP contribution in [0.15, 0.2) is 48.5 Å². The fraction of sp³-hybridized carbons (Fsp3) is 0.375. The summed E-state index contributed by atoms with van der Waals surface area (Å²) >= 11 is 0. The van der Waals surface area contributed by atoms with Crippen LogP contribution in [0, 0.1) is 0 Å². The molecule has 0 heterocycles. The fourth-order valence-corrected chi connectivity index (χ4v) is 3.93. The van der Waals surface area contributed by atoms with Crippen LogP contribution < -0.4 is 10.6 Å². The lowest BCUT2D eigenvalue weighted by atomic mass is 9.98. The monoisotopic (exact) mass is 456 g/mol. The van der Waals surface area contributed by atoms with Crippen molar-refractivity contribution in [3.05, 3.63) is 59.7 Å². The second-order valence-corrected chi connectivity index (χ2v) is 7.74. The number of carbonyl (C=O) groups is 3. The molecule has 1 aliphatic rings. The largest absolute Gasteiger partial charge is 0.480 e. The first kappa shape index (κ1) is 24.2. The number of methoxy groups -OCH3 is 1. The van der Waals surface area contributed by atoms with Gasteiger partial charge in [0, 0.05) is 32.6 Å². The Morgan fingerprint density at radius 1 is 1.03 bits per heavy atom. The quantitative estimate of drug-likeness (QED) is 0.406. The summed E-state index contributed by atoms with van der Waals surface area (Å²) < 4.78 is 10.7. The van der Waals surface area contributed by atoms with Crippen LogP contribution in [0.5, 0.6) is 0 Å². The van der Waals surface area contributed by atoms with Crippen LogP contribution in [0.2, 0.25) is 0 Å². The third kappa shape index (κ3) is 6.09. The molecular formula is C24H28N2O7. The number of benzene rings is 2. The number of carboxylic acids is 1. The number of nitrogens with one attached hydrogen (secondary N) is 2. The predicted molar refractivity (Wildman–Crippen MR) is 120 cm³/mol. The molecule has 0 radical (unpaired) electrons. The highest BCUT2D eigenvalue weighted by atomic mass is 16.5. The number of hydrogen-bond donors (Lipinski definition) is 4. The normalized spacial score (nSPS) is 14.0. The summed E-state index contributed by atoms with van der Waals surface area (Å²) in [6.07, 6.45) is -1.57. The molecule has 2 aromatic rings. The van der Waals surface area contributed by atoms with E-state index in [1.807, 2.05) is 36.4 Å². The number of carboxylic acid groups (broad SMARTS) is 1. The first-order valence-electron chi connectivity index (χ1n) is 10.7. The minimum absolute atomic E-state index is 0.0122. The van der Waals surface area contributed by atoms with E-state index in [0.717, 1.165) is 22.3 Å². The highest BCUT2D eigenvalue weighted by Crippen LogP contribution is 2.44. The molecule has 1 unspecified atom stereocenters. The van der Waals surface area contributed by atoms with Crippen LogP contribution in [-0.2, 0) is 19.1 Å². The van der Waals surface area contributed by atoms with Crippen molar-refractivity contribution < 1.29 is 34.1 Å². The third-order valence-electron chi connectivity index (χ3n) is 5.62.